The molecule has 1 amide bonds. The van der Waals surface area contributed by atoms with Crippen molar-refractivity contribution in [3.63, 3.8) is 0 Å². The first-order chi connectivity index (χ1) is 13.0. The van der Waals surface area contributed by atoms with Crippen LogP contribution in [0.1, 0.15) is 5.56 Å². The van der Waals surface area contributed by atoms with E-state index >= 15 is 0 Å². The Bertz CT molecular complexity index is 976. The molecule has 7 nitrogen and oxygen atoms in total. The average molecular weight is 387 g/mol. The number of carbonyl (C=O) groups is 1. The van der Waals surface area contributed by atoms with Crippen molar-refractivity contribution in [1.82, 2.24) is 14.9 Å². The highest BCUT2D eigenvalue weighted by Gasteiger charge is 2.15. The summed E-state index contributed by atoms with van der Waals surface area (Å²) in [5, 5.41) is 11.1. The Hall–Kier alpha value is -3.07. The second kappa shape index (κ2) is 8.09. The second-order valence-electron chi connectivity index (χ2n) is 5.73. The molecular formula is C18H18FN5O2S. The quantitative estimate of drug-likeness (QED) is 0.499. The first-order valence-corrected chi connectivity index (χ1v) is 9.00. The van der Waals surface area contributed by atoms with Crippen molar-refractivity contribution >= 4 is 23.4 Å². The predicted molar refractivity (Wildman–Crippen MR) is 103 cm³/mol. The van der Waals surface area contributed by atoms with Crippen LogP contribution in [0.5, 0.6) is 5.75 Å². The number of amides is 1. The number of ether oxygens (including phenoxy) is 1. The summed E-state index contributed by atoms with van der Waals surface area (Å²) in [6, 6.07) is 11.4. The molecule has 0 spiro atoms. The highest BCUT2D eigenvalue weighted by atomic mass is 32.2. The van der Waals surface area contributed by atoms with Gasteiger partial charge in [-0.15, -0.1) is 10.2 Å². The van der Waals surface area contributed by atoms with Crippen LogP contribution < -0.4 is 15.9 Å². The molecule has 3 N–H and O–H groups in total. The normalized spacial score (nSPS) is 10.6. The minimum Gasteiger partial charge on any atom is -0.495 e. The Labute approximate surface area is 159 Å². The summed E-state index contributed by atoms with van der Waals surface area (Å²) in [5.41, 5.74) is 2.10. The fourth-order valence-electron chi connectivity index (χ4n) is 2.44. The van der Waals surface area contributed by atoms with Gasteiger partial charge in [-0.3, -0.25) is 4.79 Å². The van der Waals surface area contributed by atoms with Gasteiger partial charge >= 0.3 is 0 Å². The van der Waals surface area contributed by atoms with E-state index in [1.165, 1.54) is 16.8 Å². The van der Waals surface area contributed by atoms with Gasteiger partial charge in [0.05, 0.1) is 18.6 Å². The molecule has 3 aromatic rings. The number of carbonyl (C=O) groups excluding carboxylic acids is 1. The Balaban J connectivity index is 1.67. The van der Waals surface area contributed by atoms with Crippen molar-refractivity contribution < 1.29 is 13.9 Å². The van der Waals surface area contributed by atoms with Crippen LogP contribution in [0.3, 0.4) is 0 Å². The van der Waals surface area contributed by atoms with E-state index < -0.39 is 5.82 Å². The summed E-state index contributed by atoms with van der Waals surface area (Å²) in [7, 11) is 1.54. The van der Waals surface area contributed by atoms with E-state index in [-0.39, 0.29) is 11.7 Å². The fourth-order valence-corrected chi connectivity index (χ4v) is 3.09. The van der Waals surface area contributed by atoms with Crippen LogP contribution in [0.15, 0.2) is 47.6 Å². The lowest BCUT2D eigenvalue weighted by atomic mass is 10.2. The van der Waals surface area contributed by atoms with Gasteiger partial charge in [-0.25, -0.2) is 9.07 Å². The van der Waals surface area contributed by atoms with Crippen molar-refractivity contribution in [3.05, 3.63) is 53.8 Å². The van der Waals surface area contributed by atoms with Crippen molar-refractivity contribution in [2.45, 2.75) is 12.1 Å². The van der Waals surface area contributed by atoms with E-state index in [0.717, 1.165) is 17.3 Å². The maximum absolute atomic E-state index is 13.4. The first kappa shape index (κ1) is 18.7. The van der Waals surface area contributed by atoms with Gasteiger partial charge in [0.25, 0.3) is 0 Å². The number of hydrogen-bond donors (Lipinski definition) is 2. The van der Waals surface area contributed by atoms with E-state index in [1.54, 1.807) is 25.3 Å². The summed E-state index contributed by atoms with van der Waals surface area (Å²) in [4.78, 5) is 12.3. The third kappa shape index (κ3) is 4.37. The number of methoxy groups -OCH3 is 1. The number of hydrogen-bond acceptors (Lipinski definition) is 6. The van der Waals surface area contributed by atoms with Crippen LogP contribution in [0.4, 0.5) is 10.1 Å². The van der Waals surface area contributed by atoms with E-state index in [1.807, 2.05) is 19.1 Å². The molecule has 0 saturated heterocycles. The third-order valence-electron chi connectivity index (χ3n) is 3.71. The van der Waals surface area contributed by atoms with Crippen LogP contribution in [-0.2, 0) is 4.79 Å². The summed E-state index contributed by atoms with van der Waals surface area (Å²) >= 11 is 1.13. The van der Waals surface area contributed by atoms with Crippen LogP contribution in [0.2, 0.25) is 0 Å². The topological polar surface area (TPSA) is 95.1 Å². The van der Waals surface area contributed by atoms with Crippen LogP contribution in [0, 0.1) is 12.7 Å². The molecule has 0 bridgehead atoms. The maximum atomic E-state index is 13.4. The Kier molecular flexibility index (Phi) is 5.60. The number of nitrogens with zero attached hydrogens (tertiary/aromatic N) is 3. The van der Waals surface area contributed by atoms with Gasteiger partial charge in [-0.2, -0.15) is 0 Å². The number of benzene rings is 2. The van der Waals surface area contributed by atoms with E-state index in [9.17, 15) is 9.18 Å². The van der Waals surface area contributed by atoms with E-state index in [0.29, 0.717) is 28.0 Å². The van der Waals surface area contributed by atoms with Crippen LogP contribution in [0.25, 0.3) is 11.4 Å². The van der Waals surface area contributed by atoms with Crippen molar-refractivity contribution in [2.24, 2.45) is 0 Å². The number of nitrogens with one attached hydrogen (secondary N) is 1. The van der Waals surface area contributed by atoms with Crippen molar-refractivity contribution in [2.75, 3.05) is 24.0 Å². The number of nitrogens with two attached hydrogens (primary N) is 1. The summed E-state index contributed by atoms with van der Waals surface area (Å²) in [5.74, 6) is 6.33. The number of rotatable bonds is 6. The molecule has 0 unspecified atom stereocenters. The largest absolute Gasteiger partial charge is 0.495 e. The molecule has 2 aromatic carbocycles. The molecule has 0 aliphatic rings. The monoisotopic (exact) mass is 387 g/mol. The predicted octanol–water partition coefficient (Wildman–Crippen LogP) is 2.85. The number of anilines is 1. The molecule has 0 saturated carbocycles. The molecule has 0 fully saturated rings. The van der Waals surface area contributed by atoms with Gasteiger partial charge in [-0.1, -0.05) is 30.0 Å². The highest BCUT2D eigenvalue weighted by molar-refractivity contribution is 7.99. The molecule has 9 heteroatoms. The van der Waals surface area contributed by atoms with Crippen LogP contribution >= 0.6 is 11.8 Å². The number of aryl methyl sites for hydroxylation is 1. The molecule has 1 heterocycles. The smallest absolute Gasteiger partial charge is 0.234 e. The van der Waals surface area contributed by atoms with Gasteiger partial charge in [0.2, 0.25) is 11.1 Å². The van der Waals surface area contributed by atoms with Gasteiger partial charge in [0, 0.05) is 5.56 Å². The fraction of sp³-hybridized carbons (Fsp3) is 0.167. The molecule has 1 aromatic heterocycles. The summed E-state index contributed by atoms with van der Waals surface area (Å²) in [6.07, 6.45) is 0. The van der Waals surface area contributed by atoms with Gasteiger partial charge in [0.1, 0.15) is 11.6 Å². The highest BCUT2D eigenvalue weighted by Crippen LogP contribution is 2.26. The molecule has 140 valence electrons. The third-order valence-corrected chi connectivity index (χ3v) is 4.65. The van der Waals surface area contributed by atoms with Crippen LogP contribution in [-0.4, -0.2) is 33.6 Å². The maximum Gasteiger partial charge on any atom is 0.234 e. The molecular weight excluding hydrogens is 369 g/mol. The standard InChI is InChI=1S/C18H18FN5O2S/c1-11-6-7-15(26-2)14(8-11)21-16(25)10-27-18-23-22-17(24(18)20)12-4-3-5-13(19)9-12/h3-9H,10,20H2,1-2H3,(H,21,25). The number of thioether (sulfide) groups is 1. The molecule has 0 atom stereocenters. The SMILES string of the molecule is COc1ccc(C)cc1NC(=O)CSc1nnc(-c2cccc(F)c2)n1N. The van der Waals surface area contributed by atoms with Gasteiger partial charge in [-0.05, 0) is 36.8 Å². The Morgan fingerprint density at radius 1 is 1.30 bits per heavy atom. The minimum atomic E-state index is -0.392. The first-order valence-electron chi connectivity index (χ1n) is 8.01. The number of halogens is 1. The molecule has 3 rings (SSSR count). The summed E-state index contributed by atoms with van der Waals surface area (Å²) in [6.45, 7) is 1.93. The van der Waals surface area contributed by atoms with Gasteiger partial charge < -0.3 is 15.9 Å². The molecule has 0 aliphatic carbocycles. The lowest BCUT2D eigenvalue weighted by molar-refractivity contribution is -0.113. The second-order valence-corrected chi connectivity index (χ2v) is 6.67. The zero-order valence-corrected chi connectivity index (χ0v) is 15.6. The molecule has 27 heavy (non-hydrogen) atoms. The Morgan fingerprint density at radius 2 is 2.11 bits per heavy atom. The Morgan fingerprint density at radius 3 is 2.85 bits per heavy atom. The number of aromatic nitrogens is 3. The molecule has 0 aliphatic heterocycles. The van der Waals surface area contributed by atoms with E-state index in [2.05, 4.69) is 15.5 Å². The lowest BCUT2D eigenvalue weighted by Crippen LogP contribution is -2.17. The van der Waals surface area contributed by atoms with Gasteiger partial charge in [0.15, 0.2) is 5.82 Å². The van der Waals surface area contributed by atoms with Crippen molar-refractivity contribution in [1.29, 1.82) is 0 Å². The van der Waals surface area contributed by atoms with Crippen molar-refractivity contribution in [3.8, 4) is 17.1 Å². The zero-order chi connectivity index (χ0) is 19.4. The average Bonchev–Trinajstić information content (AvgIpc) is 3.01. The lowest BCUT2D eigenvalue weighted by Gasteiger charge is -2.10. The summed E-state index contributed by atoms with van der Waals surface area (Å²) < 4.78 is 19.9. The van der Waals surface area contributed by atoms with E-state index in [4.69, 9.17) is 10.6 Å². The number of nitrogen functional groups attached to an aromatic ring is 1. The molecule has 0 radical (unpaired) electrons. The zero-order valence-electron chi connectivity index (χ0n) is 14.8. The minimum absolute atomic E-state index is 0.0789.